The first kappa shape index (κ1) is 19.1. The highest BCUT2D eigenvalue weighted by atomic mass is 35.5. The van der Waals surface area contributed by atoms with E-state index in [4.69, 9.17) is 26.8 Å². The van der Waals surface area contributed by atoms with Crippen molar-refractivity contribution in [3.8, 4) is 17.2 Å². The zero-order chi connectivity index (χ0) is 20.1. The van der Waals surface area contributed by atoms with Crippen LogP contribution in [0.1, 0.15) is 10.4 Å². The molecular formula is C17H15ClN6O4. The van der Waals surface area contributed by atoms with Gasteiger partial charge >= 0.3 is 0 Å². The SMILES string of the molecule is COc1cc(C(=O)Nc2ccc(-n3cnnn3)cc2)cc(Cl)c1OCC(N)=O. The smallest absolute Gasteiger partial charge is 0.255 e. The van der Waals surface area contributed by atoms with Gasteiger partial charge in [0, 0.05) is 11.3 Å². The summed E-state index contributed by atoms with van der Waals surface area (Å²) in [5, 5.41) is 13.8. The van der Waals surface area contributed by atoms with Gasteiger partial charge in [-0.15, -0.1) is 5.10 Å². The molecule has 11 heteroatoms. The number of nitrogens with zero attached hydrogens (tertiary/aromatic N) is 4. The molecule has 1 aromatic heterocycles. The molecule has 0 saturated carbocycles. The second-order valence-electron chi connectivity index (χ2n) is 5.50. The molecule has 3 rings (SSSR count). The number of rotatable bonds is 7. The fourth-order valence-electron chi connectivity index (χ4n) is 2.31. The van der Waals surface area contributed by atoms with E-state index in [1.807, 2.05) is 0 Å². The van der Waals surface area contributed by atoms with Crippen LogP contribution >= 0.6 is 11.6 Å². The zero-order valence-electron chi connectivity index (χ0n) is 14.6. The Labute approximate surface area is 164 Å². The Morgan fingerprint density at radius 3 is 2.61 bits per heavy atom. The maximum atomic E-state index is 12.5. The number of tetrazole rings is 1. The van der Waals surface area contributed by atoms with Crippen molar-refractivity contribution in [2.24, 2.45) is 5.73 Å². The molecule has 0 saturated heterocycles. The third-order valence-electron chi connectivity index (χ3n) is 3.59. The lowest BCUT2D eigenvalue weighted by atomic mass is 10.1. The lowest BCUT2D eigenvalue weighted by Gasteiger charge is -2.13. The van der Waals surface area contributed by atoms with Crippen molar-refractivity contribution in [2.75, 3.05) is 19.0 Å². The second kappa shape index (κ2) is 8.35. The van der Waals surface area contributed by atoms with E-state index in [0.717, 1.165) is 5.69 Å². The first-order valence-corrected chi connectivity index (χ1v) is 8.29. The number of carbonyl (C=O) groups is 2. The number of aromatic nitrogens is 4. The minimum absolute atomic E-state index is 0.111. The van der Waals surface area contributed by atoms with Crippen molar-refractivity contribution in [3.05, 3.63) is 53.3 Å². The van der Waals surface area contributed by atoms with Crippen molar-refractivity contribution in [2.45, 2.75) is 0 Å². The maximum Gasteiger partial charge on any atom is 0.255 e. The van der Waals surface area contributed by atoms with Gasteiger partial charge in [0.15, 0.2) is 18.1 Å². The number of anilines is 1. The zero-order valence-corrected chi connectivity index (χ0v) is 15.4. The second-order valence-corrected chi connectivity index (χ2v) is 5.91. The lowest BCUT2D eigenvalue weighted by molar-refractivity contribution is -0.119. The van der Waals surface area contributed by atoms with Crippen molar-refractivity contribution in [1.82, 2.24) is 20.2 Å². The van der Waals surface area contributed by atoms with Crippen LogP contribution in [-0.2, 0) is 4.79 Å². The summed E-state index contributed by atoms with van der Waals surface area (Å²) in [4.78, 5) is 23.4. The van der Waals surface area contributed by atoms with Crippen LogP contribution in [0.4, 0.5) is 5.69 Å². The highest BCUT2D eigenvalue weighted by Crippen LogP contribution is 2.36. The van der Waals surface area contributed by atoms with Gasteiger partial charge < -0.3 is 20.5 Å². The summed E-state index contributed by atoms with van der Waals surface area (Å²) in [6.07, 6.45) is 1.46. The van der Waals surface area contributed by atoms with Crippen molar-refractivity contribution in [3.63, 3.8) is 0 Å². The number of halogens is 1. The quantitative estimate of drug-likeness (QED) is 0.610. The van der Waals surface area contributed by atoms with E-state index in [0.29, 0.717) is 5.69 Å². The molecule has 0 bridgehead atoms. The van der Waals surface area contributed by atoms with Crippen LogP contribution in [-0.4, -0.2) is 45.7 Å². The monoisotopic (exact) mass is 402 g/mol. The summed E-state index contributed by atoms with van der Waals surface area (Å²) in [6, 6.07) is 9.77. The number of amides is 2. The Morgan fingerprint density at radius 1 is 1.25 bits per heavy atom. The average Bonchev–Trinajstić information content (AvgIpc) is 3.21. The first-order chi connectivity index (χ1) is 13.5. The van der Waals surface area contributed by atoms with Gasteiger partial charge in [0.05, 0.1) is 17.8 Å². The molecule has 0 radical (unpaired) electrons. The summed E-state index contributed by atoms with van der Waals surface area (Å²) in [7, 11) is 1.39. The molecule has 0 aliphatic heterocycles. The summed E-state index contributed by atoms with van der Waals surface area (Å²) in [6.45, 7) is -0.366. The van der Waals surface area contributed by atoms with Gasteiger partial charge in [-0.25, -0.2) is 4.68 Å². The number of nitrogens with two attached hydrogens (primary N) is 1. The number of methoxy groups -OCH3 is 1. The number of nitrogens with one attached hydrogen (secondary N) is 1. The van der Waals surface area contributed by atoms with Crippen LogP contribution in [0, 0.1) is 0 Å². The minimum atomic E-state index is -0.662. The Kier molecular flexibility index (Phi) is 5.70. The lowest BCUT2D eigenvalue weighted by Crippen LogP contribution is -2.20. The standard InChI is InChI=1S/C17H15ClN6O4/c1-27-14-7-10(6-13(18)16(14)28-8-15(19)25)17(26)21-11-2-4-12(5-3-11)24-9-20-22-23-24/h2-7,9H,8H2,1H3,(H2,19,25)(H,21,26). The first-order valence-electron chi connectivity index (χ1n) is 7.91. The molecule has 10 nitrogen and oxygen atoms in total. The minimum Gasteiger partial charge on any atom is -0.493 e. The predicted octanol–water partition coefficient (Wildman–Crippen LogP) is 1.44. The molecule has 0 unspecified atom stereocenters. The molecule has 2 aromatic carbocycles. The van der Waals surface area contributed by atoms with E-state index in [9.17, 15) is 9.59 Å². The Hall–Kier alpha value is -3.66. The fraction of sp³-hybridized carbons (Fsp3) is 0.118. The molecule has 0 aliphatic rings. The molecule has 1 heterocycles. The van der Waals surface area contributed by atoms with Gasteiger partial charge in [0.1, 0.15) is 6.33 Å². The van der Waals surface area contributed by atoms with Crippen LogP contribution in [0.2, 0.25) is 5.02 Å². The summed E-state index contributed by atoms with van der Waals surface area (Å²) < 4.78 is 11.9. The van der Waals surface area contributed by atoms with E-state index in [1.54, 1.807) is 24.3 Å². The summed E-state index contributed by atoms with van der Waals surface area (Å²) in [5.74, 6) is -0.736. The van der Waals surface area contributed by atoms with E-state index in [1.165, 1.54) is 30.3 Å². The Bertz CT molecular complexity index is 992. The van der Waals surface area contributed by atoms with Crippen LogP contribution in [0.3, 0.4) is 0 Å². The third kappa shape index (κ3) is 4.35. The predicted molar refractivity (Wildman–Crippen MR) is 99.8 cm³/mol. The molecular weight excluding hydrogens is 388 g/mol. The van der Waals surface area contributed by atoms with Crippen LogP contribution in [0.25, 0.3) is 5.69 Å². The van der Waals surface area contributed by atoms with Crippen LogP contribution in [0.5, 0.6) is 11.5 Å². The Morgan fingerprint density at radius 2 is 2.00 bits per heavy atom. The van der Waals surface area contributed by atoms with Crippen LogP contribution in [0.15, 0.2) is 42.7 Å². The molecule has 2 amide bonds. The molecule has 144 valence electrons. The largest absolute Gasteiger partial charge is 0.493 e. The highest BCUT2D eigenvalue weighted by Gasteiger charge is 2.17. The van der Waals surface area contributed by atoms with Gasteiger partial charge in [-0.2, -0.15) is 0 Å². The van der Waals surface area contributed by atoms with Crippen molar-refractivity contribution >= 4 is 29.1 Å². The number of primary amides is 1. The van der Waals surface area contributed by atoms with Gasteiger partial charge in [0.2, 0.25) is 0 Å². The molecule has 0 aliphatic carbocycles. The molecule has 0 atom stereocenters. The number of hydrogen-bond acceptors (Lipinski definition) is 7. The molecule has 28 heavy (non-hydrogen) atoms. The Balaban J connectivity index is 1.76. The van der Waals surface area contributed by atoms with Gasteiger partial charge in [-0.1, -0.05) is 11.6 Å². The van der Waals surface area contributed by atoms with E-state index < -0.39 is 11.8 Å². The molecule has 0 spiro atoms. The summed E-state index contributed by atoms with van der Waals surface area (Å²) in [5.41, 5.74) is 6.61. The highest BCUT2D eigenvalue weighted by molar-refractivity contribution is 6.32. The fourth-order valence-corrected chi connectivity index (χ4v) is 2.58. The van der Waals surface area contributed by atoms with Gasteiger partial charge in [0.25, 0.3) is 11.8 Å². The normalized spacial score (nSPS) is 10.4. The van der Waals surface area contributed by atoms with E-state index in [-0.39, 0.29) is 28.7 Å². The summed E-state index contributed by atoms with van der Waals surface area (Å²) >= 11 is 6.16. The van der Waals surface area contributed by atoms with Crippen LogP contribution < -0.4 is 20.5 Å². The van der Waals surface area contributed by atoms with Crippen molar-refractivity contribution in [1.29, 1.82) is 0 Å². The number of carbonyl (C=O) groups excluding carboxylic acids is 2. The van der Waals surface area contributed by atoms with E-state index >= 15 is 0 Å². The number of ether oxygens (including phenoxy) is 2. The third-order valence-corrected chi connectivity index (χ3v) is 3.87. The molecule has 3 N–H and O–H groups in total. The number of hydrogen-bond donors (Lipinski definition) is 2. The number of benzene rings is 2. The molecule has 0 fully saturated rings. The van der Waals surface area contributed by atoms with E-state index in [2.05, 4.69) is 20.8 Å². The van der Waals surface area contributed by atoms with Gasteiger partial charge in [-0.05, 0) is 46.8 Å². The molecule has 3 aromatic rings. The maximum absolute atomic E-state index is 12.5. The average molecular weight is 403 g/mol. The van der Waals surface area contributed by atoms with Crippen molar-refractivity contribution < 1.29 is 19.1 Å². The van der Waals surface area contributed by atoms with Gasteiger partial charge in [-0.3, -0.25) is 9.59 Å². The topological polar surface area (TPSA) is 134 Å².